The molecule has 0 bridgehead atoms. The average Bonchev–Trinajstić information content (AvgIpc) is 2.94. The van der Waals surface area contributed by atoms with Crippen LogP contribution in [0.2, 0.25) is 0 Å². The highest BCUT2D eigenvalue weighted by molar-refractivity contribution is 7.15. The van der Waals surface area contributed by atoms with Gasteiger partial charge in [0.2, 0.25) is 0 Å². The molecule has 0 aromatic carbocycles. The standard InChI is InChI=1S/C13H21N3OS/c1-9-7-15-5-3-4-11(15)8-16(9)13-14-6-12(18-13)10(2)17/h6,9-11,17H,3-5,7-8H2,1-2H3. The van der Waals surface area contributed by atoms with Gasteiger partial charge in [0.1, 0.15) is 0 Å². The summed E-state index contributed by atoms with van der Waals surface area (Å²) < 4.78 is 0. The van der Waals surface area contributed by atoms with E-state index in [1.54, 1.807) is 18.3 Å². The first-order valence-corrected chi connectivity index (χ1v) is 7.61. The number of nitrogens with zero attached hydrogens (tertiary/aromatic N) is 3. The number of aliphatic hydroxyl groups excluding tert-OH is 1. The van der Waals surface area contributed by atoms with Crippen LogP contribution in [0.4, 0.5) is 5.13 Å². The summed E-state index contributed by atoms with van der Waals surface area (Å²) in [6, 6.07) is 1.23. The number of fused-ring (bicyclic) bond motifs is 1. The molecule has 4 nitrogen and oxygen atoms in total. The van der Waals surface area contributed by atoms with Crippen molar-refractivity contribution in [2.45, 2.75) is 44.9 Å². The molecular formula is C13H21N3OS. The lowest BCUT2D eigenvalue weighted by Crippen LogP contribution is -2.55. The van der Waals surface area contributed by atoms with E-state index in [1.165, 1.54) is 19.4 Å². The van der Waals surface area contributed by atoms with Gasteiger partial charge in [-0.1, -0.05) is 11.3 Å². The molecule has 3 atom stereocenters. The molecule has 0 spiro atoms. The summed E-state index contributed by atoms with van der Waals surface area (Å²) in [6.07, 6.45) is 4.07. The fraction of sp³-hybridized carbons (Fsp3) is 0.769. The molecule has 1 aromatic rings. The Morgan fingerprint density at radius 2 is 2.33 bits per heavy atom. The molecule has 5 heteroatoms. The largest absolute Gasteiger partial charge is 0.388 e. The number of piperazine rings is 1. The number of rotatable bonds is 2. The van der Waals surface area contributed by atoms with Crippen LogP contribution in [0.3, 0.4) is 0 Å². The number of hydrogen-bond acceptors (Lipinski definition) is 5. The smallest absolute Gasteiger partial charge is 0.185 e. The van der Waals surface area contributed by atoms with Crippen LogP contribution in [0, 0.1) is 0 Å². The summed E-state index contributed by atoms with van der Waals surface area (Å²) in [5.41, 5.74) is 0. The molecular weight excluding hydrogens is 246 g/mol. The van der Waals surface area contributed by atoms with Gasteiger partial charge in [0.05, 0.1) is 11.0 Å². The monoisotopic (exact) mass is 267 g/mol. The quantitative estimate of drug-likeness (QED) is 0.888. The zero-order valence-electron chi connectivity index (χ0n) is 11.0. The van der Waals surface area contributed by atoms with Crippen molar-refractivity contribution in [3.8, 4) is 0 Å². The molecule has 100 valence electrons. The zero-order valence-corrected chi connectivity index (χ0v) is 11.9. The summed E-state index contributed by atoms with van der Waals surface area (Å²) in [7, 11) is 0. The van der Waals surface area contributed by atoms with E-state index in [2.05, 4.69) is 21.7 Å². The third-order valence-corrected chi connectivity index (χ3v) is 5.31. The normalized spacial score (nSPS) is 30.5. The van der Waals surface area contributed by atoms with Crippen molar-refractivity contribution in [1.82, 2.24) is 9.88 Å². The first kappa shape index (κ1) is 12.4. The van der Waals surface area contributed by atoms with Crippen molar-refractivity contribution in [1.29, 1.82) is 0 Å². The van der Waals surface area contributed by atoms with Crippen molar-refractivity contribution < 1.29 is 5.11 Å². The molecule has 3 rings (SSSR count). The summed E-state index contributed by atoms with van der Waals surface area (Å²) >= 11 is 1.63. The van der Waals surface area contributed by atoms with Gasteiger partial charge in [-0.05, 0) is 33.2 Å². The minimum Gasteiger partial charge on any atom is -0.388 e. The van der Waals surface area contributed by atoms with Gasteiger partial charge < -0.3 is 10.0 Å². The van der Waals surface area contributed by atoms with Crippen molar-refractivity contribution in [2.24, 2.45) is 0 Å². The average molecular weight is 267 g/mol. The SMILES string of the molecule is CC(O)c1cnc(N2CC3CCCN3CC2C)s1. The third-order valence-electron chi connectivity index (χ3n) is 4.11. The zero-order chi connectivity index (χ0) is 12.7. The molecule has 3 unspecified atom stereocenters. The van der Waals surface area contributed by atoms with Gasteiger partial charge in [-0.2, -0.15) is 0 Å². The maximum atomic E-state index is 9.60. The van der Waals surface area contributed by atoms with Crippen LogP contribution in [-0.2, 0) is 0 Å². The van der Waals surface area contributed by atoms with Gasteiger partial charge in [0, 0.05) is 31.4 Å². The van der Waals surface area contributed by atoms with Gasteiger partial charge in [-0.25, -0.2) is 4.98 Å². The highest BCUT2D eigenvalue weighted by atomic mass is 32.1. The Morgan fingerprint density at radius 3 is 3.06 bits per heavy atom. The lowest BCUT2D eigenvalue weighted by atomic mass is 10.1. The summed E-state index contributed by atoms with van der Waals surface area (Å²) in [5.74, 6) is 0. The second-order valence-corrected chi connectivity index (χ2v) is 6.55. The molecule has 2 saturated heterocycles. The van der Waals surface area contributed by atoms with Gasteiger partial charge >= 0.3 is 0 Å². The minimum atomic E-state index is -0.403. The Morgan fingerprint density at radius 1 is 1.50 bits per heavy atom. The molecule has 0 amide bonds. The Labute approximate surface area is 112 Å². The highest BCUT2D eigenvalue weighted by Gasteiger charge is 2.35. The molecule has 2 fully saturated rings. The third kappa shape index (κ3) is 2.15. The number of hydrogen-bond donors (Lipinski definition) is 1. The maximum absolute atomic E-state index is 9.60. The second kappa shape index (κ2) is 4.79. The van der Waals surface area contributed by atoms with Gasteiger partial charge in [0.25, 0.3) is 0 Å². The van der Waals surface area contributed by atoms with E-state index in [-0.39, 0.29) is 0 Å². The lowest BCUT2D eigenvalue weighted by molar-refractivity contribution is 0.203. The minimum absolute atomic E-state index is 0.403. The number of thiazole rings is 1. The fourth-order valence-electron chi connectivity index (χ4n) is 3.06. The maximum Gasteiger partial charge on any atom is 0.185 e. The van der Waals surface area contributed by atoms with E-state index in [0.29, 0.717) is 12.1 Å². The Kier molecular flexibility index (Phi) is 3.30. The molecule has 18 heavy (non-hydrogen) atoms. The van der Waals surface area contributed by atoms with E-state index >= 15 is 0 Å². The second-order valence-electron chi connectivity index (χ2n) is 5.51. The first-order chi connectivity index (χ1) is 8.65. The Bertz CT molecular complexity index is 420. The lowest BCUT2D eigenvalue weighted by Gasteiger charge is -2.42. The van der Waals surface area contributed by atoms with Gasteiger partial charge in [-0.15, -0.1) is 0 Å². The molecule has 0 saturated carbocycles. The van der Waals surface area contributed by atoms with E-state index in [0.717, 1.165) is 23.1 Å². The Balaban J connectivity index is 1.78. The van der Waals surface area contributed by atoms with Crippen molar-refractivity contribution in [3.63, 3.8) is 0 Å². The van der Waals surface area contributed by atoms with E-state index in [1.807, 2.05) is 6.20 Å². The van der Waals surface area contributed by atoms with Crippen LogP contribution < -0.4 is 4.90 Å². The van der Waals surface area contributed by atoms with Gasteiger partial charge in [-0.3, -0.25) is 4.90 Å². The van der Waals surface area contributed by atoms with Crippen LogP contribution in [0.15, 0.2) is 6.20 Å². The molecule has 3 heterocycles. The van der Waals surface area contributed by atoms with E-state index in [4.69, 9.17) is 0 Å². The van der Waals surface area contributed by atoms with Gasteiger partial charge in [0.15, 0.2) is 5.13 Å². The predicted molar refractivity (Wildman–Crippen MR) is 74.2 cm³/mol. The number of aliphatic hydroxyl groups is 1. The molecule has 0 aliphatic carbocycles. The van der Waals surface area contributed by atoms with Crippen LogP contribution in [0.5, 0.6) is 0 Å². The van der Waals surface area contributed by atoms with Crippen LogP contribution in [0.1, 0.15) is 37.7 Å². The fourth-order valence-corrected chi connectivity index (χ4v) is 4.02. The summed E-state index contributed by atoms with van der Waals surface area (Å²) in [4.78, 5) is 10.5. The van der Waals surface area contributed by atoms with Crippen LogP contribution in [0.25, 0.3) is 0 Å². The molecule has 2 aliphatic rings. The van der Waals surface area contributed by atoms with Crippen LogP contribution >= 0.6 is 11.3 Å². The molecule has 0 radical (unpaired) electrons. The number of anilines is 1. The van der Waals surface area contributed by atoms with Crippen LogP contribution in [-0.4, -0.2) is 46.7 Å². The first-order valence-electron chi connectivity index (χ1n) is 6.79. The Hall–Kier alpha value is -0.650. The van der Waals surface area contributed by atoms with Crippen molar-refractivity contribution in [3.05, 3.63) is 11.1 Å². The van der Waals surface area contributed by atoms with E-state index in [9.17, 15) is 5.11 Å². The highest BCUT2D eigenvalue weighted by Crippen LogP contribution is 2.32. The molecule has 1 aromatic heterocycles. The molecule has 2 aliphatic heterocycles. The van der Waals surface area contributed by atoms with Crippen molar-refractivity contribution >= 4 is 16.5 Å². The van der Waals surface area contributed by atoms with Crippen molar-refractivity contribution in [2.75, 3.05) is 24.5 Å². The van der Waals surface area contributed by atoms with E-state index < -0.39 is 6.10 Å². The molecule has 1 N–H and O–H groups in total. The number of aromatic nitrogens is 1. The predicted octanol–water partition coefficient (Wildman–Crippen LogP) is 1.87. The summed E-state index contributed by atoms with van der Waals surface area (Å²) in [6.45, 7) is 7.58. The summed E-state index contributed by atoms with van der Waals surface area (Å²) in [5, 5.41) is 10.7. The topological polar surface area (TPSA) is 39.6 Å².